The smallest absolute Gasteiger partial charge is 0.201 e. The summed E-state index contributed by atoms with van der Waals surface area (Å²) in [6.07, 6.45) is 0. The highest BCUT2D eigenvalue weighted by molar-refractivity contribution is 5.41. The van der Waals surface area contributed by atoms with E-state index in [9.17, 15) is 13.9 Å². The normalized spacial score (nSPS) is 10.7. The third-order valence-corrected chi connectivity index (χ3v) is 1.85. The number of hydrogen-bond donors (Lipinski definition) is 1. The standard InChI is InChI=1S/C13H14F2O2/c1-4-17-10-6-5-9(11(14)12(10)15)7-8-13(2,3)16/h5-6,16H,4H2,1-3H3. The van der Waals surface area contributed by atoms with Crippen LogP contribution in [0.2, 0.25) is 0 Å². The van der Waals surface area contributed by atoms with Gasteiger partial charge in [-0.15, -0.1) is 0 Å². The fourth-order valence-electron chi connectivity index (χ4n) is 1.12. The zero-order valence-electron chi connectivity index (χ0n) is 9.97. The molecule has 0 radical (unpaired) electrons. The van der Waals surface area contributed by atoms with Crippen molar-refractivity contribution in [2.45, 2.75) is 26.4 Å². The van der Waals surface area contributed by atoms with E-state index in [2.05, 4.69) is 11.8 Å². The van der Waals surface area contributed by atoms with Crippen LogP contribution in [0.5, 0.6) is 5.75 Å². The Morgan fingerprint density at radius 1 is 1.29 bits per heavy atom. The van der Waals surface area contributed by atoms with Crippen LogP contribution in [-0.4, -0.2) is 17.3 Å². The van der Waals surface area contributed by atoms with Gasteiger partial charge in [0.25, 0.3) is 0 Å². The van der Waals surface area contributed by atoms with Gasteiger partial charge in [-0.2, -0.15) is 4.39 Å². The lowest BCUT2D eigenvalue weighted by Gasteiger charge is -2.07. The molecule has 0 heterocycles. The molecule has 0 fully saturated rings. The van der Waals surface area contributed by atoms with Crippen LogP contribution in [0.15, 0.2) is 12.1 Å². The Labute approximate surface area is 99.2 Å². The first-order chi connectivity index (χ1) is 7.85. The molecule has 0 saturated heterocycles. The first-order valence-corrected chi connectivity index (χ1v) is 5.21. The van der Waals surface area contributed by atoms with E-state index in [0.29, 0.717) is 0 Å². The van der Waals surface area contributed by atoms with Crippen LogP contribution in [0.1, 0.15) is 26.3 Å². The largest absolute Gasteiger partial charge is 0.491 e. The Morgan fingerprint density at radius 3 is 2.47 bits per heavy atom. The number of rotatable bonds is 2. The van der Waals surface area contributed by atoms with Crippen molar-refractivity contribution in [3.63, 3.8) is 0 Å². The van der Waals surface area contributed by atoms with E-state index in [1.807, 2.05) is 0 Å². The van der Waals surface area contributed by atoms with Crippen molar-refractivity contribution in [3.8, 4) is 17.6 Å². The lowest BCUT2D eigenvalue weighted by molar-refractivity contribution is 0.143. The maximum absolute atomic E-state index is 13.5. The molecule has 17 heavy (non-hydrogen) atoms. The molecule has 92 valence electrons. The summed E-state index contributed by atoms with van der Waals surface area (Å²) in [6.45, 7) is 4.86. The van der Waals surface area contributed by atoms with Crippen molar-refractivity contribution in [3.05, 3.63) is 29.3 Å². The van der Waals surface area contributed by atoms with Crippen LogP contribution in [0.3, 0.4) is 0 Å². The van der Waals surface area contributed by atoms with E-state index >= 15 is 0 Å². The fourth-order valence-corrected chi connectivity index (χ4v) is 1.12. The van der Waals surface area contributed by atoms with Crippen molar-refractivity contribution in [1.82, 2.24) is 0 Å². The van der Waals surface area contributed by atoms with Crippen molar-refractivity contribution in [2.24, 2.45) is 0 Å². The molecule has 0 aliphatic carbocycles. The van der Waals surface area contributed by atoms with Crippen LogP contribution in [0, 0.1) is 23.5 Å². The van der Waals surface area contributed by atoms with Gasteiger partial charge in [-0.1, -0.05) is 11.8 Å². The second-order valence-corrected chi connectivity index (χ2v) is 3.98. The molecule has 1 aromatic rings. The van der Waals surface area contributed by atoms with E-state index in [1.165, 1.54) is 26.0 Å². The van der Waals surface area contributed by atoms with Gasteiger partial charge < -0.3 is 9.84 Å². The van der Waals surface area contributed by atoms with Crippen LogP contribution >= 0.6 is 0 Å². The number of ether oxygens (including phenoxy) is 1. The number of aliphatic hydroxyl groups is 1. The second kappa shape index (κ2) is 5.15. The predicted octanol–water partition coefficient (Wildman–Crippen LogP) is 2.49. The van der Waals surface area contributed by atoms with Crippen molar-refractivity contribution in [2.75, 3.05) is 6.61 Å². The molecule has 0 saturated carbocycles. The fraction of sp³-hybridized carbons (Fsp3) is 0.385. The third kappa shape index (κ3) is 3.72. The predicted molar refractivity (Wildman–Crippen MR) is 60.7 cm³/mol. The molecule has 1 rings (SSSR count). The summed E-state index contributed by atoms with van der Waals surface area (Å²) in [6, 6.07) is 2.64. The molecule has 0 aliphatic heterocycles. The third-order valence-electron chi connectivity index (χ3n) is 1.85. The van der Waals surface area contributed by atoms with Crippen LogP contribution in [-0.2, 0) is 0 Å². The maximum Gasteiger partial charge on any atom is 0.201 e. The average molecular weight is 240 g/mol. The highest BCUT2D eigenvalue weighted by atomic mass is 19.2. The van der Waals surface area contributed by atoms with Crippen molar-refractivity contribution >= 4 is 0 Å². The molecule has 0 aromatic heterocycles. The average Bonchev–Trinajstić information content (AvgIpc) is 2.23. The van der Waals surface area contributed by atoms with Gasteiger partial charge in [0, 0.05) is 0 Å². The molecular weight excluding hydrogens is 226 g/mol. The van der Waals surface area contributed by atoms with Crippen molar-refractivity contribution in [1.29, 1.82) is 0 Å². The number of benzene rings is 1. The summed E-state index contributed by atoms with van der Waals surface area (Å²) in [5, 5.41) is 9.36. The molecule has 1 N–H and O–H groups in total. The van der Waals surface area contributed by atoms with Gasteiger partial charge in [0.2, 0.25) is 5.82 Å². The summed E-state index contributed by atoms with van der Waals surface area (Å²) in [5.74, 6) is 2.55. The van der Waals surface area contributed by atoms with E-state index in [-0.39, 0.29) is 17.9 Å². The zero-order chi connectivity index (χ0) is 13.1. The van der Waals surface area contributed by atoms with Gasteiger partial charge in [0.15, 0.2) is 11.6 Å². The van der Waals surface area contributed by atoms with E-state index in [1.54, 1.807) is 6.92 Å². The summed E-state index contributed by atoms with van der Waals surface area (Å²) in [7, 11) is 0. The van der Waals surface area contributed by atoms with E-state index < -0.39 is 17.2 Å². The van der Waals surface area contributed by atoms with Crippen LogP contribution in [0.4, 0.5) is 8.78 Å². The van der Waals surface area contributed by atoms with Crippen LogP contribution in [0.25, 0.3) is 0 Å². The first kappa shape index (κ1) is 13.5. The molecule has 0 aliphatic rings. The Kier molecular flexibility index (Phi) is 4.08. The summed E-state index contributed by atoms with van der Waals surface area (Å²) in [4.78, 5) is 0. The van der Waals surface area contributed by atoms with Gasteiger partial charge in [-0.25, -0.2) is 4.39 Å². The summed E-state index contributed by atoms with van der Waals surface area (Å²) in [5.41, 5.74) is -1.35. The molecule has 0 atom stereocenters. The molecule has 1 aromatic carbocycles. The minimum atomic E-state index is -1.25. The number of halogens is 2. The minimum Gasteiger partial charge on any atom is -0.491 e. The lowest BCUT2D eigenvalue weighted by Crippen LogP contribution is -2.14. The maximum atomic E-state index is 13.5. The minimum absolute atomic E-state index is 0.104. The highest BCUT2D eigenvalue weighted by Gasteiger charge is 2.13. The Balaban J connectivity index is 3.12. The SMILES string of the molecule is CCOc1ccc(C#CC(C)(C)O)c(F)c1F. The molecule has 0 unspecified atom stereocenters. The zero-order valence-corrected chi connectivity index (χ0v) is 9.97. The van der Waals surface area contributed by atoms with E-state index in [0.717, 1.165) is 0 Å². The monoisotopic (exact) mass is 240 g/mol. The molecule has 0 amide bonds. The Hall–Kier alpha value is -1.60. The lowest BCUT2D eigenvalue weighted by atomic mass is 10.1. The van der Waals surface area contributed by atoms with E-state index in [4.69, 9.17) is 4.74 Å². The quantitative estimate of drug-likeness (QED) is 0.805. The topological polar surface area (TPSA) is 29.5 Å². The van der Waals surface area contributed by atoms with Gasteiger partial charge >= 0.3 is 0 Å². The molecule has 4 heteroatoms. The highest BCUT2D eigenvalue weighted by Crippen LogP contribution is 2.22. The van der Waals surface area contributed by atoms with Gasteiger partial charge in [0.1, 0.15) is 5.60 Å². The second-order valence-electron chi connectivity index (χ2n) is 3.98. The number of hydrogen-bond acceptors (Lipinski definition) is 2. The van der Waals surface area contributed by atoms with Gasteiger partial charge in [-0.3, -0.25) is 0 Å². The Bertz CT molecular complexity index is 465. The first-order valence-electron chi connectivity index (χ1n) is 5.21. The Morgan fingerprint density at radius 2 is 1.94 bits per heavy atom. The van der Waals surface area contributed by atoms with Crippen molar-refractivity contribution < 1.29 is 18.6 Å². The summed E-state index contributed by atoms with van der Waals surface area (Å²) < 4.78 is 31.9. The van der Waals surface area contributed by atoms with Gasteiger partial charge in [-0.05, 0) is 32.9 Å². The molecule has 0 spiro atoms. The molecule has 0 bridgehead atoms. The summed E-state index contributed by atoms with van der Waals surface area (Å²) >= 11 is 0. The van der Waals surface area contributed by atoms with Gasteiger partial charge in [0.05, 0.1) is 12.2 Å². The molecule has 2 nitrogen and oxygen atoms in total. The van der Waals surface area contributed by atoms with Crippen LogP contribution < -0.4 is 4.74 Å². The molecular formula is C13H14F2O2.